The maximum Gasteiger partial charge on any atom is 0.329 e. The third-order valence-corrected chi connectivity index (χ3v) is 2.34. The van der Waals surface area contributed by atoms with E-state index >= 15 is 0 Å². The van der Waals surface area contributed by atoms with Crippen LogP contribution in [0.1, 0.15) is 0 Å². The number of nitrogens with one attached hydrogen (secondary N) is 1. The number of ether oxygens (including phenoxy) is 1. The molecule has 1 aromatic rings. The normalized spacial score (nSPS) is 10.5. The van der Waals surface area contributed by atoms with Gasteiger partial charge in [-0.2, -0.15) is 0 Å². The zero-order valence-corrected chi connectivity index (χ0v) is 8.85. The smallest absolute Gasteiger partial charge is 0.329 e. The highest BCUT2D eigenvalue weighted by Crippen LogP contribution is 2.10. The number of aromatic nitrogens is 2. The van der Waals surface area contributed by atoms with Crippen LogP contribution in [0.2, 0.25) is 10.2 Å². The number of hydrogen-bond donors (Lipinski definition) is 1. The molecule has 0 aliphatic carbocycles. The number of aromatic amines is 1. The van der Waals surface area contributed by atoms with Crippen molar-refractivity contribution in [1.82, 2.24) is 9.55 Å². The van der Waals surface area contributed by atoms with E-state index < -0.39 is 11.2 Å². The number of hydrogen-bond acceptors (Lipinski definition) is 3. The molecule has 5 nitrogen and oxygen atoms in total. The maximum absolute atomic E-state index is 11.4. The minimum absolute atomic E-state index is 0.140. The third-order valence-electron chi connectivity index (χ3n) is 1.61. The fourth-order valence-corrected chi connectivity index (χ4v) is 1.22. The molecule has 1 aromatic heterocycles. The van der Waals surface area contributed by atoms with Crippen molar-refractivity contribution in [3.8, 4) is 0 Å². The van der Waals surface area contributed by atoms with Crippen molar-refractivity contribution in [1.29, 1.82) is 0 Å². The summed E-state index contributed by atoms with van der Waals surface area (Å²) in [5.74, 6) is 0. The van der Waals surface area contributed by atoms with E-state index in [1.54, 1.807) is 0 Å². The minimum Gasteiger partial charge on any atom is -0.383 e. The highest BCUT2D eigenvalue weighted by atomic mass is 35.5. The maximum atomic E-state index is 11.4. The summed E-state index contributed by atoms with van der Waals surface area (Å²) < 4.78 is 5.67. The first-order chi connectivity index (χ1) is 6.57. The van der Waals surface area contributed by atoms with Crippen LogP contribution in [0.25, 0.3) is 0 Å². The molecule has 14 heavy (non-hydrogen) atoms. The van der Waals surface area contributed by atoms with Crippen molar-refractivity contribution in [2.45, 2.75) is 6.54 Å². The quantitative estimate of drug-likeness (QED) is 0.780. The average molecular weight is 239 g/mol. The van der Waals surface area contributed by atoms with Gasteiger partial charge in [0.05, 0.1) is 13.2 Å². The van der Waals surface area contributed by atoms with E-state index in [0.29, 0.717) is 0 Å². The molecule has 78 valence electrons. The molecule has 0 unspecified atom stereocenters. The lowest BCUT2D eigenvalue weighted by Gasteiger charge is -2.04. The zero-order valence-electron chi connectivity index (χ0n) is 7.34. The molecule has 0 saturated carbocycles. The molecule has 7 heteroatoms. The van der Waals surface area contributed by atoms with Crippen LogP contribution in [0.3, 0.4) is 0 Å². The summed E-state index contributed by atoms with van der Waals surface area (Å²) in [4.78, 5) is 24.9. The van der Waals surface area contributed by atoms with Gasteiger partial charge < -0.3 is 4.74 Å². The van der Waals surface area contributed by atoms with E-state index in [4.69, 9.17) is 27.9 Å². The van der Waals surface area contributed by atoms with Crippen molar-refractivity contribution < 1.29 is 4.74 Å². The van der Waals surface area contributed by atoms with Crippen LogP contribution in [0.15, 0.2) is 9.59 Å². The van der Waals surface area contributed by atoms with Crippen molar-refractivity contribution in [3.05, 3.63) is 31.0 Å². The Hall–Kier alpha value is -0.780. The van der Waals surface area contributed by atoms with E-state index in [-0.39, 0.29) is 23.3 Å². The number of rotatable bonds is 3. The highest BCUT2D eigenvalue weighted by molar-refractivity contribution is 6.40. The van der Waals surface area contributed by atoms with Crippen molar-refractivity contribution in [2.75, 3.05) is 13.7 Å². The molecule has 0 atom stereocenters. The Balaban J connectivity index is 3.23. The van der Waals surface area contributed by atoms with E-state index in [9.17, 15) is 9.59 Å². The fourth-order valence-electron chi connectivity index (χ4n) is 0.907. The Morgan fingerprint density at radius 1 is 1.43 bits per heavy atom. The molecular weight excluding hydrogens is 231 g/mol. The molecule has 0 aliphatic rings. The number of halogens is 2. The molecule has 0 aliphatic heterocycles. The topological polar surface area (TPSA) is 64.1 Å². The van der Waals surface area contributed by atoms with Crippen molar-refractivity contribution in [2.24, 2.45) is 0 Å². The first kappa shape index (κ1) is 11.3. The summed E-state index contributed by atoms with van der Waals surface area (Å²) in [6.07, 6.45) is 0. The molecule has 1 heterocycles. The van der Waals surface area contributed by atoms with Crippen LogP contribution >= 0.6 is 23.2 Å². The molecule has 0 saturated heterocycles. The van der Waals surface area contributed by atoms with Gasteiger partial charge in [0.2, 0.25) is 0 Å². The molecule has 0 fully saturated rings. The number of H-pyrrole nitrogens is 1. The van der Waals surface area contributed by atoms with Gasteiger partial charge in [-0.15, -0.1) is 0 Å². The van der Waals surface area contributed by atoms with Crippen LogP contribution < -0.4 is 11.2 Å². The summed E-state index contributed by atoms with van der Waals surface area (Å²) in [6.45, 7) is 0.391. The standard InChI is InChI=1S/C7H8Cl2N2O3/c1-14-3-2-11-6(12)4(8)5(9)10-7(11)13/h2-3H2,1H3,(H,10,13). The van der Waals surface area contributed by atoms with Crippen LogP contribution in [0, 0.1) is 0 Å². The lowest BCUT2D eigenvalue weighted by molar-refractivity contribution is 0.185. The van der Waals surface area contributed by atoms with E-state index in [0.717, 1.165) is 4.57 Å². The highest BCUT2D eigenvalue weighted by Gasteiger charge is 2.09. The van der Waals surface area contributed by atoms with Gasteiger partial charge >= 0.3 is 5.69 Å². The molecular formula is C7H8Cl2N2O3. The Morgan fingerprint density at radius 3 is 2.64 bits per heavy atom. The van der Waals surface area contributed by atoms with E-state index in [2.05, 4.69) is 4.98 Å². The zero-order chi connectivity index (χ0) is 10.7. The minimum atomic E-state index is -0.613. The summed E-state index contributed by atoms with van der Waals surface area (Å²) >= 11 is 11.1. The molecule has 1 rings (SSSR count). The van der Waals surface area contributed by atoms with Gasteiger partial charge in [0.15, 0.2) is 0 Å². The van der Waals surface area contributed by atoms with Gasteiger partial charge in [0.1, 0.15) is 10.2 Å². The Labute approximate surface area is 89.2 Å². The second-order valence-electron chi connectivity index (χ2n) is 2.51. The largest absolute Gasteiger partial charge is 0.383 e. The van der Waals surface area contributed by atoms with Gasteiger partial charge in [0, 0.05) is 7.11 Å². The van der Waals surface area contributed by atoms with Crippen molar-refractivity contribution >= 4 is 23.2 Å². The fraction of sp³-hybridized carbons (Fsp3) is 0.429. The third kappa shape index (κ3) is 2.17. The molecule has 0 bridgehead atoms. The van der Waals surface area contributed by atoms with Crippen molar-refractivity contribution in [3.63, 3.8) is 0 Å². The van der Waals surface area contributed by atoms with Gasteiger partial charge in [-0.3, -0.25) is 14.3 Å². The molecule has 0 aromatic carbocycles. The lowest BCUT2D eigenvalue weighted by Crippen LogP contribution is -2.36. The predicted molar refractivity (Wildman–Crippen MR) is 53.2 cm³/mol. The van der Waals surface area contributed by atoms with Crippen LogP contribution in [-0.2, 0) is 11.3 Å². The predicted octanol–water partition coefficient (Wildman–Crippen LogP) is 0.490. The second kappa shape index (κ2) is 4.63. The number of methoxy groups -OCH3 is 1. The van der Waals surface area contributed by atoms with Gasteiger partial charge in [0.25, 0.3) is 5.56 Å². The summed E-state index contributed by atoms with van der Waals surface area (Å²) in [5, 5.41) is -0.335. The first-order valence-corrected chi connectivity index (χ1v) is 4.50. The lowest BCUT2D eigenvalue weighted by atomic mass is 10.6. The molecule has 1 N–H and O–H groups in total. The number of nitrogens with zero attached hydrogens (tertiary/aromatic N) is 1. The van der Waals surface area contributed by atoms with E-state index in [1.165, 1.54) is 7.11 Å². The summed E-state index contributed by atoms with van der Waals surface area (Å²) in [6, 6.07) is 0. The Morgan fingerprint density at radius 2 is 2.07 bits per heavy atom. The Kier molecular flexibility index (Phi) is 3.74. The molecule has 0 radical (unpaired) electrons. The van der Waals surface area contributed by atoms with Crippen LogP contribution in [0.4, 0.5) is 0 Å². The average Bonchev–Trinajstić information content (AvgIpc) is 2.14. The monoisotopic (exact) mass is 238 g/mol. The first-order valence-electron chi connectivity index (χ1n) is 3.75. The van der Waals surface area contributed by atoms with E-state index in [1.807, 2.05) is 0 Å². The molecule has 0 amide bonds. The second-order valence-corrected chi connectivity index (χ2v) is 3.26. The summed E-state index contributed by atoms with van der Waals surface area (Å²) in [7, 11) is 1.47. The SMILES string of the molecule is COCCn1c(=O)[nH]c(Cl)c(Cl)c1=O. The van der Waals surface area contributed by atoms with Gasteiger partial charge in [-0.1, -0.05) is 23.2 Å². The van der Waals surface area contributed by atoms with Gasteiger partial charge in [-0.05, 0) is 0 Å². The van der Waals surface area contributed by atoms with Crippen LogP contribution in [0.5, 0.6) is 0 Å². The Bertz CT molecular complexity index is 438. The van der Waals surface area contributed by atoms with Gasteiger partial charge in [-0.25, -0.2) is 4.79 Å². The summed E-state index contributed by atoms with van der Waals surface area (Å²) in [5.41, 5.74) is -1.21. The molecule has 0 spiro atoms. The van der Waals surface area contributed by atoms with Crippen LogP contribution in [-0.4, -0.2) is 23.3 Å².